The highest BCUT2D eigenvalue weighted by molar-refractivity contribution is 8.33. The summed E-state index contributed by atoms with van der Waals surface area (Å²) in [7, 11) is -6.68. The average molecular weight is 603 g/mol. The predicted molar refractivity (Wildman–Crippen MR) is 177 cm³/mol. The molecule has 0 aliphatic heterocycles. The number of benzene rings is 4. The van der Waals surface area contributed by atoms with Crippen molar-refractivity contribution in [1.29, 1.82) is 0 Å². The lowest BCUT2D eigenvalue weighted by Gasteiger charge is -2.39. The second kappa shape index (κ2) is 16.1. The highest BCUT2D eigenvalue weighted by Crippen LogP contribution is 2.70. The van der Waals surface area contributed by atoms with Gasteiger partial charge in [0.2, 0.25) is 0 Å². The monoisotopic (exact) mass is 602 g/mol. The van der Waals surface area contributed by atoms with Crippen molar-refractivity contribution < 1.29 is 12.0 Å². The second-order valence-corrected chi connectivity index (χ2v) is 15.5. The van der Waals surface area contributed by atoms with E-state index in [9.17, 15) is 8.42 Å². The van der Waals surface area contributed by atoms with Gasteiger partial charge in [0.25, 0.3) is 0 Å². The molecule has 0 aliphatic rings. The van der Waals surface area contributed by atoms with E-state index in [1.165, 1.54) is 57.8 Å². The minimum absolute atomic E-state index is 0.185. The van der Waals surface area contributed by atoms with Crippen molar-refractivity contribution in [3.63, 3.8) is 0 Å². The molecule has 4 rings (SSSR count). The zero-order chi connectivity index (χ0) is 29.7. The Morgan fingerprint density at radius 2 is 0.929 bits per heavy atom. The van der Waals surface area contributed by atoms with E-state index in [1.807, 2.05) is 104 Å². The van der Waals surface area contributed by atoms with Gasteiger partial charge >= 0.3 is 10.1 Å². The fraction of sp³-hybridized carbons (Fsp3) is 0.351. The largest absolute Gasteiger partial charge is 0.307 e. The van der Waals surface area contributed by atoms with Crippen LogP contribution in [-0.2, 0) is 20.2 Å². The Bertz CT molecular complexity index is 1390. The van der Waals surface area contributed by atoms with Crippen LogP contribution in [0.5, 0.6) is 0 Å². The third-order valence-electron chi connectivity index (χ3n) is 7.73. The molecule has 3 nitrogen and oxygen atoms in total. The summed E-state index contributed by atoms with van der Waals surface area (Å²) in [4.78, 5) is 2.69. The Labute approximate surface area is 256 Å². The topological polar surface area (TPSA) is 43.4 Å². The molecule has 0 radical (unpaired) electrons. The van der Waals surface area contributed by atoms with E-state index in [1.54, 1.807) is 12.1 Å². The molecule has 0 atom stereocenters. The lowest BCUT2D eigenvalue weighted by molar-refractivity contribution is 0.508. The Hall–Kier alpha value is -2.86. The smallest absolute Gasteiger partial charge is 0.203 e. The van der Waals surface area contributed by atoms with Gasteiger partial charge in [-0.05, 0) is 84.2 Å². The molecule has 5 heteroatoms. The lowest BCUT2D eigenvalue weighted by atomic mass is 10.0. The molecule has 0 spiro atoms. The van der Waals surface area contributed by atoms with Crippen LogP contribution in [0.1, 0.15) is 82.3 Å². The van der Waals surface area contributed by atoms with E-state index in [4.69, 9.17) is 3.63 Å². The van der Waals surface area contributed by atoms with Crippen LogP contribution in [0.25, 0.3) is 0 Å². The van der Waals surface area contributed by atoms with E-state index in [2.05, 4.69) is 6.92 Å². The second-order valence-electron chi connectivity index (χ2n) is 11.1. The van der Waals surface area contributed by atoms with Crippen molar-refractivity contribution in [1.82, 2.24) is 0 Å². The van der Waals surface area contributed by atoms with Crippen LogP contribution < -0.4 is 0 Å². The van der Waals surface area contributed by atoms with Crippen molar-refractivity contribution >= 4 is 20.4 Å². The summed E-state index contributed by atoms with van der Waals surface area (Å²) >= 11 is 0. The maximum absolute atomic E-state index is 14.0. The van der Waals surface area contributed by atoms with Crippen LogP contribution in [0, 0.1) is 6.92 Å². The van der Waals surface area contributed by atoms with Gasteiger partial charge in [-0.3, -0.25) is 0 Å². The van der Waals surface area contributed by atoms with Gasteiger partial charge in [-0.15, -0.1) is 0 Å². The zero-order valence-electron chi connectivity index (χ0n) is 25.2. The van der Waals surface area contributed by atoms with Crippen molar-refractivity contribution in [2.24, 2.45) is 0 Å². The average Bonchev–Trinajstić information content (AvgIpc) is 3.02. The third-order valence-corrected chi connectivity index (χ3v) is 12.9. The lowest BCUT2D eigenvalue weighted by Crippen LogP contribution is -2.14. The van der Waals surface area contributed by atoms with Gasteiger partial charge in [-0.2, -0.15) is 8.42 Å². The Morgan fingerprint density at radius 1 is 0.500 bits per heavy atom. The van der Waals surface area contributed by atoms with Crippen LogP contribution in [0.2, 0.25) is 0 Å². The number of aryl methyl sites for hydroxylation is 2. The first-order valence-corrected chi connectivity index (χ1v) is 18.5. The van der Waals surface area contributed by atoms with E-state index in [0.717, 1.165) is 38.7 Å². The standard InChI is InChI=1S/C37H46O3S2/c1-3-4-5-6-7-8-9-10-11-14-19-33-26-30-37(31-27-33)42(38,39)40-41(34-20-15-12-16-21-34,35-22-17-13-18-23-35)36-28-24-32(2)25-29-36/h12-13,15-18,20-31H,3-11,14,19H2,1-2H3. The quantitative estimate of drug-likeness (QED) is 0.113. The molecule has 4 aromatic carbocycles. The first-order chi connectivity index (χ1) is 20.5. The summed E-state index contributed by atoms with van der Waals surface area (Å²) in [6.07, 6.45) is 14.0. The molecule has 0 unspecified atom stereocenters. The Balaban J connectivity index is 1.49. The van der Waals surface area contributed by atoms with Gasteiger partial charge in [0.15, 0.2) is 0 Å². The molecular formula is C37H46O3S2. The molecule has 0 amide bonds. The molecular weight excluding hydrogens is 557 g/mol. The van der Waals surface area contributed by atoms with Crippen molar-refractivity contribution in [2.45, 2.75) is 104 Å². The molecule has 0 N–H and O–H groups in total. The van der Waals surface area contributed by atoms with E-state index in [-0.39, 0.29) is 4.90 Å². The molecule has 0 saturated carbocycles. The predicted octanol–water partition coefficient (Wildman–Crippen LogP) is 11.1. The van der Waals surface area contributed by atoms with Crippen LogP contribution in [0.4, 0.5) is 0 Å². The van der Waals surface area contributed by atoms with Crippen molar-refractivity contribution in [3.8, 4) is 0 Å². The summed E-state index contributed by atoms with van der Waals surface area (Å²) < 4.78 is 34.4. The molecule has 0 bridgehead atoms. The molecule has 0 aromatic heterocycles. The Kier molecular flexibility index (Phi) is 12.3. The summed E-state index contributed by atoms with van der Waals surface area (Å²) in [5.41, 5.74) is 2.27. The first-order valence-electron chi connectivity index (χ1n) is 15.5. The van der Waals surface area contributed by atoms with Gasteiger partial charge in [-0.25, -0.2) is 3.63 Å². The summed E-state index contributed by atoms with van der Waals surface area (Å²) in [5.74, 6) is 0. The molecule has 4 aromatic rings. The fourth-order valence-corrected chi connectivity index (χ4v) is 10.5. The van der Waals surface area contributed by atoms with Gasteiger partial charge in [-0.1, -0.05) is 131 Å². The van der Waals surface area contributed by atoms with Gasteiger partial charge in [0, 0.05) is 14.7 Å². The number of hydrogen-bond donors (Lipinski definition) is 0. The summed E-state index contributed by atoms with van der Waals surface area (Å²) in [6, 6.07) is 34.8. The van der Waals surface area contributed by atoms with Crippen LogP contribution in [-0.4, -0.2) is 8.42 Å². The normalized spacial score (nSPS) is 12.3. The molecule has 0 heterocycles. The van der Waals surface area contributed by atoms with Gasteiger partial charge < -0.3 is 0 Å². The molecule has 0 fully saturated rings. The molecule has 42 heavy (non-hydrogen) atoms. The third kappa shape index (κ3) is 8.59. The van der Waals surface area contributed by atoms with Crippen molar-refractivity contribution in [3.05, 3.63) is 120 Å². The van der Waals surface area contributed by atoms with Crippen LogP contribution in [0.3, 0.4) is 0 Å². The van der Waals surface area contributed by atoms with Crippen LogP contribution >= 0.6 is 10.3 Å². The fourth-order valence-electron chi connectivity index (χ4n) is 5.29. The maximum Gasteiger partial charge on any atom is 0.307 e. The van der Waals surface area contributed by atoms with E-state index in [0.29, 0.717) is 0 Å². The first kappa shape index (κ1) is 32.1. The number of unbranched alkanes of at least 4 members (excludes halogenated alkanes) is 9. The van der Waals surface area contributed by atoms with E-state index < -0.39 is 20.4 Å². The van der Waals surface area contributed by atoms with E-state index >= 15 is 0 Å². The highest BCUT2D eigenvalue weighted by Gasteiger charge is 2.38. The van der Waals surface area contributed by atoms with Gasteiger partial charge in [0.1, 0.15) is 0 Å². The number of hydrogen-bond acceptors (Lipinski definition) is 3. The highest BCUT2D eigenvalue weighted by atomic mass is 32.3. The molecule has 0 aliphatic carbocycles. The van der Waals surface area contributed by atoms with Crippen LogP contribution in [0.15, 0.2) is 129 Å². The molecule has 224 valence electrons. The zero-order valence-corrected chi connectivity index (χ0v) is 26.8. The summed E-state index contributed by atoms with van der Waals surface area (Å²) in [6.45, 7) is 4.29. The maximum atomic E-state index is 14.0. The van der Waals surface area contributed by atoms with Crippen molar-refractivity contribution in [2.75, 3.05) is 0 Å². The van der Waals surface area contributed by atoms with Gasteiger partial charge in [0.05, 0.1) is 4.90 Å². The Morgan fingerprint density at radius 3 is 1.43 bits per heavy atom. The summed E-state index contributed by atoms with van der Waals surface area (Å²) in [5, 5.41) is 0. The minimum atomic E-state index is -4.10. The number of rotatable bonds is 17. The SMILES string of the molecule is CCCCCCCCCCCCc1ccc(S(=O)(=O)OS(c2ccccc2)(c2ccccc2)c2ccc(C)cc2)cc1. The molecule has 0 saturated heterocycles. The minimum Gasteiger partial charge on any atom is -0.203 e.